The molecule has 1 N–H and O–H groups in total. The van der Waals surface area contributed by atoms with E-state index in [0.717, 1.165) is 10.6 Å². The summed E-state index contributed by atoms with van der Waals surface area (Å²) in [6.07, 6.45) is 0.0578. The average molecular weight is 425 g/mol. The largest absolute Gasteiger partial charge is 0.491 e. The highest BCUT2D eigenvalue weighted by Gasteiger charge is 2.35. The Bertz CT molecular complexity index is 994. The van der Waals surface area contributed by atoms with Gasteiger partial charge in [0.1, 0.15) is 11.5 Å². The van der Waals surface area contributed by atoms with Crippen molar-refractivity contribution in [2.75, 3.05) is 22.4 Å². The fourth-order valence-corrected chi connectivity index (χ4v) is 3.89. The van der Waals surface area contributed by atoms with Crippen LogP contribution >= 0.6 is 11.6 Å². The Morgan fingerprint density at radius 1 is 1.29 bits per heavy atom. The van der Waals surface area contributed by atoms with Crippen LogP contribution in [0.25, 0.3) is 0 Å². The van der Waals surface area contributed by atoms with Crippen LogP contribution in [-0.4, -0.2) is 39.3 Å². The van der Waals surface area contributed by atoms with E-state index in [4.69, 9.17) is 21.1 Å². The lowest BCUT2D eigenvalue weighted by molar-refractivity contribution is -0.122. The second-order valence-corrected chi connectivity index (χ2v) is 9.04. The van der Waals surface area contributed by atoms with Crippen molar-refractivity contribution in [3.63, 3.8) is 0 Å². The lowest BCUT2D eigenvalue weighted by atomic mass is 10.2. The topological polar surface area (TPSA) is 84.9 Å². The zero-order valence-electron chi connectivity index (χ0n) is 15.7. The highest BCUT2D eigenvalue weighted by Crippen LogP contribution is 2.37. The van der Waals surface area contributed by atoms with Crippen molar-refractivity contribution in [1.29, 1.82) is 0 Å². The second kappa shape index (κ2) is 7.89. The molecule has 0 saturated carbocycles. The number of nitrogens with zero attached hydrogens (tertiary/aromatic N) is 1. The van der Waals surface area contributed by atoms with Crippen molar-refractivity contribution in [2.24, 2.45) is 0 Å². The van der Waals surface area contributed by atoms with Crippen LogP contribution in [0.5, 0.6) is 11.5 Å². The predicted octanol–water partition coefficient (Wildman–Crippen LogP) is 3.29. The first-order chi connectivity index (χ1) is 13.1. The van der Waals surface area contributed by atoms with E-state index in [9.17, 15) is 13.2 Å². The van der Waals surface area contributed by atoms with Crippen LogP contribution in [0.2, 0.25) is 5.02 Å². The van der Waals surface area contributed by atoms with E-state index in [1.54, 1.807) is 36.4 Å². The van der Waals surface area contributed by atoms with Crippen LogP contribution < -0.4 is 19.1 Å². The first kappa shape index (κ1) is 20.3. The summed E-state index contributed by atoms with van der Waals surface area (Å²) in [5.74, 6) is 0.434. The molecule has 2 aromatic carbocycles. The molecule has 1 atom stereocenters. The van der Waals surface area contributed by atoms with Gasteiger partial charge in [-0.15, -0.1) is 0 Å². The highest BCUT2D eigenvalue weighted by molar-refractivity contribution is 7.92. The van der Waals surface area contributed by atoms with Gasteiger partial charge in [-0.2, -0.15) is 0 Å². The second-order valence-electron chi connectivity index (χ2n) is 6.70. The number of anilines is 2. The van der Waals surface area contributed by atoms with Crippen LogP contribution in [0.4, 0.5) is 11.4 Å². The van der Waals surface area contributed by atoms with Crippen molar-refractivity contribution in [3.8, 4) is 11.5 Å². The normalized spacial score (nSPS) is 16.3. The minimum atomic E-state index is -3.62. The number of hydrogen-bond acceptors (Lipinski definition) is 5. The summed E-state index contributed by atoms with van der Waals surface area (Å²) in [5.41, 5.74) is 0.839. The zero-order valence-corrected chi connectivity index (χ0v) is 17.3. The van der Waals surface area contributed by atoms with Crippen molar-refractivity contribution >= 4 is 38.9 Å². The maximum absolute atomic E-state index is 12.7. The Morgan fingerprint density at radius 2 is 2.04 bits per heavy atom. The molecule has 0 saturated heterocycles. The van der Waals surface area contributed by atoms with Crippen LogP contribution in [0.3, 0.4) is 0 Å². The van der Waals surface area contributed by atoms with Gasteiger partial charge in [0, 0.05) is 16.8 Å². The number of benzene rings is 2. The average Bonchev–Trinajstić information content (AvgIpc) is 2.59. The molecule has 3 rings (SSSR count). The third-order valence-corrected chi connectivity index (χ3v) is 5.34. The van der Waals surface area contributed by atoms with Gasteiger partial charge in [0.25, 0.3) is 5.91 Å². The molecule has 2 aromatic rings. The van der Waals surface area contributed by atoms with Crippen LogP contribution in [0.1, 0.15) is 13.8 Å². The number of fused-ring (bicyclic) bond motifs is 1. The van der Waals surface area contributed by atoms with Crippen molar-refractivity contribution < 1.29 is 22.7 Å². The van der Waals surface area contributed by atoms with Gasteiger partial charge in [-0.05, 0) is 44.2 Å². The van der Waals surface area contributed by atoms with E-state index >= 15 is 0 Å². The van der Waals surface area contributed by atoms with E-state index in [2.05, 4.69) is 5.32 Å². The number of halogens is 1. The first-order valence-electron chi connectivity index (χ1n) is 8.65. The minimum absolute atomic E-state index is 0.000672. The SMILES string of the molecule is CC(C)Oc1cccc(NC(=O)[C@@H]2CN(S(C)(=O)=O)c3cc(Cl)ccc3O2)c1. The van der Waals surface area contributed by atoms with Crippen LogP contribution in [0, 0.1) is 0 Å². The lowest BCUT2D eigenvalue weighted by Gasteiger charge is -2.34. The number of ether oxygens (including phenoxy) is 2. The number of sulfonamides is 1. The molecule has 0 aromatic heterocycles. The smallest absolute Gasteiger partial charge is 0.267 e. The molecule has 0 bridgehead atoms. The van der Waals surface area contributed by atoms with E-state index < -0.39 is 22.0 Å². The molecule has 0 aliphatic carbocycles. The summed E-state index contributed by atoms with van der Waals surface area (Å²) in [6.45, 7) is 3.66. The Labute approximate surface area is 169 Å². The van der Waals surface area contributed by atoms with Gasteiger partial charge in [0.05, 0.1) is 24.6 Å². The summed E-state index contributed by atoms with van der Waals surface area (Å²) in [4.78, 5) is 12.7. The fourth-order valence-electron chi connectivity index (χ4n) is 2.82. The molecule has 0 spiro atoms. The predicted molar refractivity (Wildman–Crippen MR) is 109 cm³/mol. The van der Waals surface area contributed by atoms with Gasteiger partial charge in [-0.25, -0.2) is 8.42 Å². The molecule has 28 heavy (non-hydrogen) atoms. The molecule has 0 fully saturated rings. The maximum atomic E-state index is 12.7. The molecule has 1 heterocycles. The Kier molecular flexibility index (Phi) is 5.71. The minimum Gasteiger partial charge on any atom is -0.491 e. The van der Waals surface area contributed by atoms with Crippen molar-refractivity contribution in [1.82, 2.24) is 0 Å². The van der Waals surface area contributed by atoms with Gasteiger partial charge >= 0.3 is 0 Å². The summed E-state index contributed by atoms with van der Waals surface area (Å²) >= 11 is 5.98. The monoisotopic (exact) mass is 424 g/mol. The summed E-state index contributed by atoms with van der Waals surface area (Å²) in [6, 6.07) is 11.6. The molecule has 9 heteroatoms. The molecule has 0 radical (unpaired) electrons. The van der Waals surface area contributed by atoms with Crippen LogP contribution in [-0.2, 0) is 14.8 Å². The molecule has 7 nitrogen and oxygen atoms in total. The zero-order chi connectivity index (χ0) is 20.5. The summed E-state index contributed by atoms with van der Waals surface area (Å²) < 4.78 is 36.9. The molecule has 0 unspecified atom stereocenters. The van der Waals surface area contributed by atoms with Gasteiger partial charge < -0.3 is 14.8 Å². The Balaban J connectivity index is 1.82. The number of carbonyl (C=O) groups excluding carboxylic acids is 1. The van der Waals surface area contributed by atoms with Gasteiger partial charge in [0.15, 0.2) is 6.10 Å². The summed E-state index contributed by atoms with van der Waals surface area (Å²) in [7, 11) is -3.62. The molecule has 150 valence electrons. The highest BCUT2D eigenvalue weighted by atomic mass is 35.5. The number of hydrogen-bond donors (Lipinski definition) is 1. The third-order valence-electron chi connectivity index (χ3n) is 3.96. The van der Waals surface area contributed by atoms with E-state index in [1.807, 2.05) is 13.8 Å². The molecular weight excluding hydrogens is 404 g/mol. The number of nitrogens with one attached hydrogen (secondary N) is 1. The number of amides is 1. The van der Waals surface area contributed by atoms with Crippen LogP contribution in [0.15, 0.2) is 42.5 Å². The fraction of sp³-hybridized carbons (Fsp3) is 0.316. The third kappa shape index (κ3) is 4.69. The van der Waals surface area contributed by atoms with Gasteiger partial charge in [0.2, 0.25) is 10.0 Å². The van der Waals surface area contributed by atoms with Gasteiger partial charge in [-0.3, -0.25) is 9.10 Å². The standard InChI is InChI=1S/C19H21ClN2O5S/c1-12(2)26-15-6-4-5-14(10-15)21-19(23)18-11-22(28(3,24)25)16-9-13(20)7-8-17(16)27-18/h4-10,12,18H,11H2,1-3H3,(H,21,23)/t18-/m0/s1. The van der Waals surface area contributed by atoms with E-state index in [0.29, 0.717) is 22.1 Å². The summed E-state index contributed by atoms with van der Waals surface area (Å²) in [5, 5.41) is 3.12. The van der Waals surface area contributed by atoms with Crippen molar-refractivity contribution in [3.05, 3.63) is 47.5 Å². The number of carbonyl (C=O) groups is 1. The Hall–Kier alpha value is -2.45. The molecule has 1 aliphatic rings. The molecule has 1 amide bonds. The number of rotatable bonds is 5. The molecule has 1 aliphatic heterocycles. The van der Waals surface area contributed by atoms with E-state index in [1.165, 1.54) is 6.07 Å². The lowest BCUT2D eigenvalue weighted by Crippen LogP contribution is -2.48. The first-order valence-corrected chi connectivity index (χ1v) is 10.9. The quantitative estimate of drug-likeness (QED) is 0.796. The molecular formula is C19H21ClN2O5S. The van der Waals surface area contributed by atoms with Gasteiger partial charge in [-0.1, -0.05) is 17.7 Å². The maximum Gasteiger partial charge on any atom is 0.267 e. The Morgan fingerprint density at radius 3 is 2.71 bits per heavy atom. The van der Waals surface area contributed by atoms with Crippen molar-refractivity contribution in [2.45, 2.75) is 26.1 Å². The van der Waals surface area contributed by atoms with E-state index in [-0.39, 0.29) is 18.4 Å².